The van der Waals surface area contributed by atoms with Gasteiger partial charge in [-0.1, -0.05) is 11.6 Å². The van der Waals surface area contributed by atoms with Gasteiger partial charge < -0.3 is 0 Å². The number of allylic oxidation sites excluding steroid dienone is 2. The molecule has 0 aromatic rings. The lowest BCUT2D eigenvalue weighted by Gasteiger charge is -2.07. The van der Waals surface area contributed by atoms with Crippen molar-refractivity contribution in [2.24, 2.45) is 9.98 Å². The van der Waals surface area contributed by atoms with Crippen LogP contribution in [0, 0.1) is 0 Å². The lowest BCUT2D eigenvalue weighted by atomic mass is 10.1. The van der Waals surface area contributed by atoms with Crippen LogP contribution in [0.15, 0.2) is 32.9 Å². The van der Waals surface area contributed by atoms with Crippen molar-refractivity contribution in [3.63, 3.8) is 0 Å². The fourth-order valence-corrected chi connectivity index (χ4v) is 1.25. The predicted molar refractivity (Wildman–Crippen MR) is 42.9 cm³/mol. The van der Waals surface area contributed by atoms with Gasteiger partial charge in [-0.3, -0.25) is 9.98 Å². The van der Waals surface area contributed by atoms with Crippen molar-refractivity contribution in [2.75, 3.05) is 6.54 Å². The largest absolute Gasteiger partial charge is 0.259 e. The molecule has 0 aliphatic carbocycles. The zero-order chi connectivity index (χ0) is 7.84. The molecule has 0 unspecified atom stereocenters. The van der Waals surface area contributed by atoms with Gasteiger partial charge in [-0.25, -0.2) is 0 Å². The minimum atomic E-state index is -0.591. The highest BCUT2D eigenvalue weighted by Gasteiger charge is 2.20. The van der Waals surface area contributed by atoms with Crippen LogP contribution in [-0.2, 0) is 0 Å². The minimum Gasteiger partial charge on any atom is -0.259 e. The number of fused-ring (bicyclic) bond motifs is 1. The molecule has 2 rings (SSSR count). The molecule has 4 heteroatoms. The Hall–Kier alpha value is -0.960. The lowest BCUT2D eigenvalue weighted by molar-refractivity contribution is 0.800. The number of hydrogen-bond donors (Lipinski definition) is 0. The van der Waals surface area contributed by atoms with Crippen LogP contribution in [0.2, 0.25) is 0 Å². The van der Waals surface area contributed by atoms with E-state index < -0.39 is 5.97 Å². The molecule has 0 aromatic heterocycles. The second-order valence-electron chi connectivity index (χ2n) is 2.23. The van der Waals surface area contributed by atoms with Crippen molar-refractivity contribution in [1.29, 1.82) is 0 Å². The Labute approximate surface area is 67.8 Å². The topological polar surface area (TPSA) is 24.7 Å². The summed E-state index contributed by atoms with van der Waals surface area (Å²) in [5.74, 6) is -0.591. The first-order chi connectivity index (χ1) is 5.29. The smallest absolute Gasteiger partial charge is 0.228 e. The summed E-state index contributed by atoms with van der Waals surface area (Å²) in [6.07, 6.45) is 3.28. The van der Waals surface area contributed by atoms with Gasteiger partial charge in [0.1, 0.15) is 5.03 Å². The van der Waals surface area contributed by atoms with Crippen molar-refractivity contribution < 1.29 is 4.39 Å². The van der Waals surface area contributed by atoms with Gasteiger partial charge >= 0.3 is 0 Å². The average Bonchev–Trinajstić information content (AvgIpc) is 2.45. The number of hydrogen-bond acceptors (Lipinski definition) is 2. The Morgan fingerprint density at radius 1 is 1.55 bits per heavy atom. The normalized spacial score (nSPS) is 21.6. The van der Waals surface area contributed by atoms with E-state index >= 15 is 0 Å². The monoisotopic (exact) mass is 170 g/mol. The Morgan fingerprint density at radius 2 is 2.36 bits per heavy atom. The molecule has 0 saturated heterocycles. The van der Waals surface area contributed by atoms with Gasteiger partial charge in [-0.05, 0) is 6.08 Å². The summed E-state index contributed by atoms with van der Waals surface area (Å²) < 4.78 is 12.7. The molecule has 0 amide bonds. The second-order valence-corrected chi connectivity index (χ2v) is 2.60. The summed E-state index contributed by atoms with van der Waals surface area (Å²) in [4.78, 5) is 7.51. The molecule has 0 aromatic carbocycles. The maximum atomic E-state index is 12.7. The van der Waals surface area contributed by atoms with Gasteiger partial charge in [0.05, 0.1) is 12.3 Å². The molecule has 0 saturated carbocycles. The fourth-order valence-electron chi connectivity index (χ4n) is 1.02. The highest BCUT2D eigenvalue weighted by molar-refractivity contribution is 6.45. The maximum Gasteiger partial charge on any atom is 0.228 e. The fraction of sp³-hybridized carbons (Fsp3) is 0.143. The van der Waals surface area contributed by atoms with Gasteiger partial charge in [0.2, 0.25) is 5.97 Å². The second kappa shape index (κ2) is 2.27. The molecule has 0 atom stereocenters. The quantitative estimate of drug-likeness (QED) is 0.530. The number of halogens is 2. The summed E-state index contributed by atoms with van der Waals surface area (Å²) in [5.41, 5.74) is 1.41. The molecule has 0 bridgehead atoms. The molecule has 0 N–H and O–H groups in total. The van der Waals surface area contributed by atoms with Crippen LogP contribution < -0.4 is 0 Å². The van der Waals surface area contributed by atoms with Gasteiger partial charge in [0.25, 0.3) is 0 Å². The molecule has 2 nitrogen and oxygen atoms in total. The standard InChI is InChI=1S/C7H4ClFN2/c8-6-4-1-2-10-5(4)3-11-7(6)9/h1-2H,3H2. The van der Waals surface area contributed by atoms with E-state index in [1.54, 1.807) is 12.3 Å². The zero-order valence-corrected chi connectivity index (χ0v) is 6.27. The van der Waals surface area contributed by atoms with Crippen molar-refractivity contribution >= 4 is 23.3 Å². The Bertz CT molecular complexity index is 325. The van der Waals surface area contributed by atoms with E-state index in [1.165, 1.54) is 0 Å². The molecule has 0 radical (unpaired) electrons. The molecule has 2 heterocycles. The minimum absolute atomic E-state index is 0.0729. The molecular weight excluding hydrogens is 167 g/mol. The van der Waals surface area contributed by atoms with Crippen LogP contribution in [0.1, 0.15) is 0 Å². The van der Waals surface area contributed by atoms with E-state index in [0.29, 0.717) is 12.1 Å². The third-order valence-corrected chi connectivity index (χ3v) is 1.93. The highest BCUT2D eigenvalue weighted by Crippen LogP contribution is 2.23. The van der Waals surface area contributed by atoms with Crippen LogP contribution in [0.4, 0.5) is 4.39 Å². The molecule has 0 spiro atoms. The third-order valence-electron chi connectivity index (χ3n) is 1.57. The van der Waals surface area contributed by atoms with Gasteiger partial charge in [0.15, 0.2) is 0 Å². The van der Waals surface area contributed by atoms with E-state index in [2.05, 4.69) is 9.98 Å². The van der Waals surface area contributed by atoms with E-state index in [4.69, 9.17) is 11.6 Å². The number of nitrogens with zero attached hydrogens (tertiary/aromatic N) is 2. The molecule has 0 fully saturated rings. The summed E-state index contributed by atoms with van der Waals surface area (Å²) in [7, 11) is 0. The summed E-state index contributed by atoms with van der Waals surface area (Å²) >= 11 is 5.61. The average molecular weight is 171 g/mol. The van der Waals surface area contributed by atoms with E-state index in [-0.39, 0.29) is 5.03 Å². The molecule has 2 aliphatic rings. The zero-order valence-electron chi connectivity index (χ0n) is 5.51. The van der Waals surface area contributed by atoms with Crippen molar-refractivity contribution in [3.8, 4) is 0 Å². The van der Waals surface area contributed by atoms with E-state index in [1.807, 2.05) is 0 Å². The van der Waals surface area contributed by atoms with Gasteiger partial charge in [-0.2, -0.15) is 4.39 Å². The van der Waals surface area contributed by atoms with Crippen LogP contribution in [0.25, 0.3) is 0 Å². The number of aliphatic imine (C=N–C) groups is 2. The first kappa shape index (κ1) is 6.73. The molecule has 2 aliphatic heterocycles. The molecule has 11 heavy (non-hydrogen) atoms. The van der Waals surface area contributed by atoms with Crippen LogP contribution in [0.3, 0.4) is 0 Å². The molecule has 56 valence electrons. The number of rotatable bonds is 0. The maximum absolute atomic E-state index is 12.7. The first-order valence-corrected chi connectivity index (χ1v) is 3.50. The summed E-state index contributed by atoms with van der Waals surface area (Å²) in [6.45, 7) is 0.296. The lowest BCUT2D eigenvalue weighted by Crippen LogP contribution is -2.13. The van der Waals surface area contributed by atoms with Crippen LogP contribution in [-0.4, -0.2) is 18.2 Å². The highest BCUT2D eigenvalue weighted by atomic mass is 35.5. The third kappa shape index (κ3) is 0.922. The van der Waals surface area contributed by atoms with Gasteiger partial charge in [0, 0.05) is 11.8 Å². The van der Waals surface area contributed by atoms with Crippen molar-refractivity contribution in [3.05, 3.63) is 22.9 Å². The first-order valence-electron chi connectivity index (χ1n) is 3.13. The van der Waals surface area contributed by atoms with Crippen LogP contribution in [0.5, 0.6) is 0 Å². The van der Waals surface area contributed by atoms with E-state index in [9.17, 15) is 4.39 Å². The van der Waals surface area contributed by atoms with Crippen LogP contribution >= 0.6 is 11.6 Å². The molecular formula is C7H4ClFN2. The van der Waals surface area contributed by atoms with Crippen molar-refractivity contribution in [2.45, 2.75) is 0 Å². The Morgan fingerprint density at radius 3 is 3.18 bits per heavy atom. The summed E-state index contributed by atoms with van der Waals surface area (Å²) in [6, 6.07) is 0. The van der Waals surface area contributed by atoms with Gasteiger partial charge in [-0.15, -0.1) is 0 Å². The van der Waals surface area contributed by atoms with Crippen molar-refractivity contribution in [1.82, 2.24) is 0 Å². The summed E-state index contributed by atoms with van der Waals surface area (Å²) in [5, 5.41) is 0.0729. The Balaban J connectivity index is 2.54. The van der Waals surface area contributed by atoms with E-state index in [0.717, 1.165) is 5.71 Å². The number of dihydropyridines is 1. The SMILES string of the molecule is FC1=NCC2=NC=CC2=C1Cl. The Kier molecular flexibility index (Phi) is 1.39. The predicted octanol–water partition coefficient (Wildman–Crippen LogP) is 1.83.